The molecule has 7 nitrogen and oxygen atoms in total. The van der Waals surface area contributed by atoms with Gasteiger partial charge in [-0.1, -0.05) is 0 Å². The molecule has 0 spiro atoms. The number of carbonyl (C=O) groups is 3. The molecule has 0 aliphatic rings. The molecular weight excluding hydrogens is 178 g/mol. The summed E-state index contributed by atoms with van der Waals surface area (Å²) in [5.41, 5.74) is 4.84. The maximum Gasteiger partial charge on any atom is 0.323 e. The molecule has 7 heteroatoms. The maximum atomic E-state index is 10.8. The molecule has 0 radical (unpaired) electrons. The van der Waals surface area contributed by atoms with E-state index in [1.165, 1.54) is 6.92 Å². The third-order valence-electron chi connectivity index (χ3n) is 1.17. The van der Waals surface area contributed by atoms with Crippen molar-refractivity contribution in [1.29, 1.82) is 0 Å². The van der Waals surface area contributed by atoms with Gasteiger partial charge in [-0.25, -0.2) is 4.79 Å². The van der Waals surface area contributed by atoms with Gasteiger partial charge in [-0.2, -0.15) is 0 Å². The normalized spacial score (nSPS) is 11.5. The highest BCUT2D eigenvalue weighted by molar-refractivity contribution is 5.86. The van der Waals surface area contributed by atoms with Gasteiger partial charge < -0.3 is 21.5 Å². The van der Waals surface area contributed by atoms with E-state index in [2.05, 4.69) is 5.32 Å². The summed E-state index contributed by atoms with van der Waals surface area (Å²) < 4.78 is 0. The number of nitrogens with two attached hydrogens (primary N) is 1. The SMILES string of the molecule is CC(NC(=O)NCC(=O)O)C(N)=O. The number of amides is 3. The monoisotopic (exact) mass is 189 g/mol. The number of urea groups is 1. The molecule has 13 heavy (non-hydrogen) atoms. The minimum absolute atomic E-state index is 0.503. The van der Waals surface area contributed by atoms with Crippen molar-refractivity contribution in [3.8, 4) is 0 Å². The smallest absolute Gasteiger partial charge is 0.323 e. The summed E-state index contributed by atoms with van der Waals surface area (Å²) >= 11 is 0. The molecule has 1 atom stereocenters. The molecular formula is C6H11N3O4. The number of primary amides is 1. The Labute approximate surface area is 74.3 Å². The van der Waals surface area contributed by atoms with Crippen molar-refractivity contribution in [3.63, 3.8) is 0 Å². The van der Waals surface area contributed by atoms with Crippen LogP contribution in [0.1, 0.15) is 6.92 Å². The van der Waals surface area contributed by atoms with Crippen LogP contribution in [-0.4, -0.2) is 35.6 Å². The van der Waals surface area contributed by atoms with Crippen LogP contribution in [0.5, 0.6) is 0 Å². The van der Waals surface area contributed by atoms with E-state index in [1.54, 1.807) is 0 Å². The van der Waals surface area contributed by atoms with Crippen molar-refractivity contribution in [2.45, 2.75) is 13.0 Å². The average molecular weight is 189 g/mol. The molecule has 3 amide bonds. The highest BCUT2D eigenvalue weighted by Crippen LogP contribution is 1.77. The number of rotatable bonds is 4. The second-order valence-electron chi connectivity index (χ2n) is 2.34. The second-order valence-corrected chi connectivity index (χ2v) is 2.34. The van der Waals surface area contributed by atoms with Gasteiger partial charge in [0.15, 0.2) is 0 Å². The molecule has 0 saturated carbocycles. The van der Waals surface area contributed by atoms with E-state index < -0.39 is 30.5 Å². The Bertz CT molecular complexity index is 228. The molecule has 1 unspecified atom stereocenters. The zero-order valence-electron chi connectivity index (χ0n) is 7.03. The summed E-state index contributed by atoms with van der Waals surface area (Å²) in [6.07, 6.45) is 0. The minimum Gasteiger partial charge on any atom is -0.480 e. The highest BCUT2D eigenvalue weighted by Gasteiger charge is 2.11. The topological polar surface area (TPSA) is 122 Å². The van der Waals surface area contributed by atoms with Gasteiger partial charge in [0.2, 0.25) is 5.91 Å². The summed E-state index contributed by atoms with van der Waals surface area (Å²) in [7, 11) is 0. The zero-order chi connectivity index (χ0) is 10.4. The minimum atomic E-state index is -1.16. The fourth-order valence-electron chi connectivity index (χ4n) is 0.475. The third kappa shape index (κ3) is 5.48. The summed E-state index contributed by atoms with van der Waals surface area (Å²) in [4.78, 5) is 31.2. The number of carboxylic acid groups (broad SMARTS) is 1. The fourth-order valence-corrected chi connectivity index (χ4v) is 0.475. The quantitative estimate of drug-likeness (QED) is 0.418. The number of carboxylic acids is 1. The molecule has 5 N–H and O–H groups in total. The van der Waals surface area contributed by atoms with Crippen LogP contribution in [-0.2, 0) is 9.59 Å². The number of carbonyl (C=O) groups excluding carboxylic acids is 2. The summed E-state index contributed by atoms with van der Waals surface area (Å²) in [6.45, 7) is 0.889. The highest BCUT2D eigenvalue weighted by atomic mass is 16.4. The van der Waals surface area contributed by atoms with Gasteiger partial charge in [0.05, 0.1) is 0 Å². The van der Waals surface area contributed by atoms with Gasteiger partial charge in [-0.05, 0) is 6.92 Å². The van der Waals surface area contributed by atoms with Crippen LogP contribution in [0.4, 0.5) is 4.79 Å². The summed E-state index contributed by atoms with van der Waals surface area (Å²) in [5, 5.41) is 12.3. The van der Waals surface area contributed by atoms with Gasteiger partial charge in [-0.15, -0.1) is 0 Å². The molecule has 0 saturated heterocycles. The molecule has 0 heterocycles. The average Bonchev–Trinajstić information content (AvgIpc) is 2.00. The first-order valence-corrected chi connectivity index (χ1v) is 3.49. The Kier molecular flexibility index (Phi) is 4.28. The third-order valence-corrected chi connectivity index (χ3v) is 1.17. The lowest BCUT2D eigenvalue weighted by molar-refractivity contribution is -0.135. The lowest BCUT2D eigenvalue weighted by Gasteiger charge is -2.09. The van der Waals surface area contributed by atoms with Gasteiger partial charge in [0.1, 0.15) is 12.6 Å². The first-order valence-electron chi connectivity index (χ1n) is 3.49. The Hall–Kier alpha value is -1.79. The lowest BCUT2D eigenvalue weighted by Crippen LogP contribution is -2.47. The van der Waals surface area contributed by atoms with Gasteiger partial charge in [-0.3, -0.25) is 9.59 Å². The molecule has 74 valence electrons. The van der Waals surface area contributed by atoms with Crippen molar-refractivity contribution in [1.82, 2.24) is 10.6 Å². The van der Waals surface area contributed by atoms with E-state index in [0.29, 0.717) is 0 Å². The van der Waals surface area contributed by atoms with Crippen molar-refractivity contribution < 1.29 is 19.5 Å². The number of aliphatic carboxylic acids is 1. The van der Waals surface area contributed by atoms with E-state index in [0.717, 1.165) is 0 Å². The van der Waals surface area contributed by atoms with Crippen LogP contribution in [0.3, 0.4) is 0 Å². The Morgan fingerprint density at radius 2 is 2.00 bits per heavy atom. The van der Waals surface area contributed by atoms with Crippen molar-refractivity contribution >= 4 is 17.9 Å². The van der Waals surface area contributed by atoms with Crippen LogP contribution in [0.25, 0.3) is 0 Å². The Morgan fingerprint density at radius 3 is 2.38 bits per heavy atom. The standard InChI is InChI=1S/C6H11N3O4/c1-3(5(7)12)9-6(13)8-2-4(10)11/h3H,2H2,1H3,(H2,7,12)(H,10,11)(H2,8,9,13). The van der Waals surface area contributed by atoms with Crippen LogP contribution < -0.4 is 16.4 Å². The van der Waals surface area contributed by atoms with Gasteiger partial charge >= 0.3 is 12.0 Å². The van der Waals surface area contributed by atoms with Crippen LogP contribution in [0, 0.1) is 0 Å². The van der Waals surface area contributed by atoms with Crippen LogP contribution in [0.15, 0.2) is 0 Å². The second kappa shape index (κ2) is 4.96. The molecule has 0 aromatic rings. The predicted octanol–water partition coefficient (Wildman–Crippen LogP) is -1.76. The van der Waals surface area contributed by atoms with Crippen LogP contribution >= 0.6 is 0 Å². The van der Waals surface area contributed by atoms with E-state index in [-0.39, 0.29) is 0 Å². The molecule has 0 aromatic heterocycles. The first-order chi connectivity index (χ1) is 5.93. The van der Waals surface area contributed by atoms with E-state index in [9.17, 15) is 14.4 Å². The van der Waals surface area contributed by atoms with E-state index >= 15 is 0 Å². The zero-order valence-corrected chi connectivity index (χ0v) is 7.03. The van der Waals surface area contributed by atoms with Crippen molar-refractivity contribution in [2.24, 2.45) is 5.73 Å². The van der Waals surface area contributed by atoms with E-state index in [4.69, 9.17) is 10.8 Å². The molecule has 0 rings (SSSR count). The molecule has 0 aliphatic carbocycles. The fraction of sp³-hybridized carbons (Fsp3) is 0.500. The number of nitrogens with one attached hydrogen (secondary N) is 2. The Morgan fingerprint density at radius 1 is 1.46 bits per heavy atom. The lowest BCUT2D eigenvalue weighted by atomic mass is 10.3. The van der Waals surface area contributed by atoms with Crippen molar-refractivity contribution in [3.05, 3.63) is 0 Å². The van der Waals surface area contributed by atoms with Crippen LogP contribution in [0.2, 0.25) is 0 Å². The molecule has 0 aliphatic heterocycles. The summed E-state index contributed by atoms with van der Waals surface area (Å²) in [5.74, 6) is -1.85. The molecule has 0 bridgehead atoms. The van der Waals surface area contributed by atoms with E-state index in [1.807, 2.05) is 5.32 Å². The largest absolute Gasteiger partial charge is 0.480 e. The van der Waals surface area contributed by atoms with Crippen molar-refractivity contribution in [2.75, 3.05) is 6.54 Å². The Balaban J connectivity index is 3.74. The molecule has 0 fully saturated rings. The number of hydrogen-bond acceptors (Lipinski definition) is 3. The summed E-state index contributed by atoms with van der Waals surface area (Å²) in [6, 6.07) is -1.57. The first kappa shape index (κ1) is 11.2. The van der Waals surface area contributed by atoms with Gasteiger partial charge in [0.25, 0.3) is 0 Å². The maximum absolute atomic E-state index is 10.8. The van der Waals surface area contributed by atoms with Gasteiger partial charge in [0, 0.05) is 0 Å². The predicted molar refractivity (Wildman–Crippen MR) is 42.8 cm³/mol. The molecule has 0 aromatic carbocycles. The number of hydrogen-bond donors (Lipinski definition) is 4.